The van der Waals surface area contributed by atoms with E-state index in [2.05, 4.69) is 15.5 Å². The highest BCUT2D eigenvalue weighted by molar-refractivity contribution is 6.10. The van der Waals surface area contributed by atoms with Gasteiger partial charge in [0.25, 0.3) is 0 Å². The summed E-state index contributed by atoms with van der Waals surface area (Å²) in [4.78, 5) is 15.2. The minimum absolute atomic E-state index is 0.302. The Morgan fingerprint density at radius 1 is 1.08 bits per heavy atom. The van der Waals surface area contributed by atoms with Crippen LogP contribution < -0.4 is 14.9 Å². The number of carbonyl (C=O) groups excluding carboxylic acids is 1. The number of aromatic nitrogens is 1. The molecule has 0 atom stereocenters. The summed E-state index contributed by atoms with van der Waals surface area (Å²) in [6, 6.07) is 13.1. The Hall–Kier alpha value is -3.48. The molecular weight excluding hydrogens is 334 g/mol. The monoisotopic (exact) mass is 353 g/mol. The second kappa shape index (κ2) is 7.60. The summed E-state index contributed by atoms with van der Waals surface area (Å²) in [5, 5.41) is 5.00. The fourth-order valence-electron chi connectivity index (χ4n) is 2.62. The molecule has 3 aromatic rings. The number of aromatic amines is 1. The molecule has 0 spiro atoms. The fraction of sp³-hybridized carbons (Fsp3) is 0.158. The van der Waals surface area contributed by atoms with Crippen LogP contribution in [0.15, 0.2) is 47.6 Å². The number of esters is 1. The Balaban J connectivity index is 2.06. The van der Waals surface area contributed by atoms with E-state index in [1.54, 1.807) is 32.6 Å². The number of fused-ring (bicyclic) bond motifs is 1. The van der Waals surface area contributed by atoms with Crippen LogP contribution in [-0.4, -0.2) is 38.5 Å². The van der Waals surface area contributed by atoms with E-state index in [0.717, 1.165) is 11.1 Å². The topological polar surface area (TPSA) is 84.9 Å². The van der Waals surface area contributed by atoms with Gasteiger partial charge in [0, 0.05) is 17.0 Å². The first kappa shape index (κ1) is 17.3. The van der Waals surface area contributed by atoms with Crippen molar-refractivity contribution >= 4 is 28.8 Å². The largest absolute Gasteiger partial charge is 0.493 e. The molecule has 0 fully saturated rings. The number of hydrazone groups is 1. The number of carbonyl (C=O) groups is 1. The van der Waals surface area contributed by atoms with Crippen molar-refractivity contribution in [3.8, 4) is 11.5 Å². The molecule has 0 saturated carbocycles. The minimum atomic E-state index is -0.486. The van der Waals surface area contributed by atoms with Crippen molar-refractivity contribution in [1.82, 2.24) is 4.98 Å². The Bertz CT molecular complexity index is 948. The van der Waals surface area contributed by atoms with Crippen LogP contribution in [0.1, 0.15) is 16.1 Å². The molecular formula is C19H19N3O4. The quantitative estimate of drug-likeness (QED) is 0.403. The molecule has 1 heterocycles. The smallest absolute Gasteiger partial charge is 0.355 e. The van der Waals surface area contributed by atoms with Gasteiger partial charge in [0.15, 0.2) is 11.5 Å². The maximum atomic E-state index is 12.1. The molecule has 134 valence electrons. The summed E-state index contributed by atoms with van der Waals surface area (Å²) in [6.07, 6.45) is 1.57. The number of ether oxygens (including phenoxy) is 3. The lowest BCUT2D eigenvalue weighted by atomic mass is 10.1. The Morgan fingerprint density at radius 2 is 1.77 bits per heavy atom. The zero-order valence-corrected chi connectivity index (χ0v) is 14.7. The van der Waals surface area contributed by atoms with Gasteiger partial charge in [-0.15, -0.1) is 0 Å². The molecule has 0 bridgehead atoms. The first-order valence-corrected chi connectivity index (χ1v) is 7.88. The molecule has 1 aromatic heterocycles. The summed E-state index contributed by atoms with van der Waals surface area (Å²) in [5.41, 5.74) is 5.37. The molecule has 0 aliphatic heterocycles. The first-order chi connectivity index (χ1) is 12.7. The molecule has 2 N–H and O–H groups in total. The van der Waals surface area contributed by atoms with Gasteiger partial charge in [0.1, 0.15) is 5.69 Å². The molecule has 0 aliphatic carbocycles. The van der Waals surface area contributed by atoms with Crippen LogP contribution in [0.5, 0.6) is 11.5 Å². The maximum Gasteiger partial charge on any atom is 0.355 e. The van der Waals surface area contributed by atoms with Crippen molar-refractivity contribution in [3.05, 3.63) is 53.7 Å². The van der Waals surface area contributed by atoms with Gasteiger partial charge in [-0.25, -0.2) is 4.79 Å². The lowest BCUT2D eigenvalue weighted by Crippen LogP contribution is -2.05. The molecule has 26 heavy (non-hydrogen) atoms. The van der Waals surface area contributed by atoms with Crippen LogP contribution in [-0.2, 0) is 4.74 Å². The average molecular weight is 353 g/mol. The molecule has 0 amide bonds. The van der Waals surface area contributed by atoms with Crippen molar-refractivity contribution in [2.45, 2.75) is 0 Å². The molecule has 0 aliphatic rings. The Kier molecular flexibility index (Phi) is 5.07. The Labute approximate surface area is 150 Å². The van der Waals surface area contributed by atoms with Crippen LogP contribution in [0.25, 0.3) is 10.9 Å². The van der Waals surface area contributed by atoms with Crippen molar-refractivity contribution in [1.29, 1.82) is 0 Å². The van der Waals surface area contributed by atoms with Crippen LogP contribution in [0.3, 0.4) is 0 Å². The lowest BCUT2D eigenvalue weighted by Gasteiger charge is -2.07. The Morgan fingerprint density at radius 3 is 2.42 bits per heavy atom. The summed E-state index contributed by atoms with van der Waals surface area (Å²) in [7, 11) is 4.44. The number of methoxy groups -OCH3 is 3. The van der Waals surface area contributed by atoms with Gasteiger partial charge in [-0.2, -0.15) is 5.10 Å². The second-order valence-corrected chi connectivity index (χ2v) is 5.39. The standard InChI is InChI=1S/C19H19N3O4/c1-24-16-9-13-14(11-20-22-12-7-5-4-6-8-12)18(19(23)26-3)21-15(13)10-17(16)25-2/h4-11,21-22H,1-3H3. The third kappa shape index (κ3) is 3.32. The lowest BCUT2D eigenvalue weighted by molar-refractivity contribution is 0.0595. The van der Waals surface area contributed by atoms with Gasteiger partial charge in [-0.1, -0.05) is 18.2 Å². The molecule has 2 aromatic carbocycles. The van der Waals surface area contributed by atoms with Crippen molar-refractivity contribution < 1.29 is 19.0 Å². The molecule has 0 saturated heterocycles. The number of benzene rings is 2. The van der Waals surface area contributed by atoms with E-state index in [9.17, 15) is 4.79 Å². The number of rotatable bonds is 6. The van der Waals surface area contributed by atoms with E-state index in [-0.39, 0.29) is 0 Å². The SMILES string of the molecule is COC(=O)c1[nH]c2cc(OC)c(OC)cc2c1C=NNc1ccccc1. The minimum Gasteiger partial charge on any atom is -0.493 e. The number of nitrogens with one attached hydrogen (secondary N) is 2. The van der Waals surface area contributed by atoms with E-state index in [1.165, 1.54) is 7.11 Å². The number of para-hydroxylation sites is 1. The molecule has 0 radical (unpaired) electrons. The van der Waals surface area contributed by atoms with E-state index in [0.29, 0.717) is 28.3 Å². The summed E-state index contributed by atoms with van der Waals surface area (Å²) < 4.78 is 15.5. The summed E-state index contributed by atoms with van der Waals surface area (Å²) in [5.74, 6) is 0.630. The molecule has 3 rings (SSSR count). The van der Waals surface area contributed by atoms with Crippen LogP contribution >= 0.6 is 0 Å². The number of H-pyrrole nitrogens is 1. The van der Waals surface area contributed by atoms with Gasteiger partial charge in [-0.05, 0) is 18.2 Å². The van der Waals surface area contributed by atoms with Gasteiger partial charge in [0.2, 0.25) is 0 Å². The van der Waals surface area contributed by atoms with E-state index < -0.39 is 5.97 Å². The van der Waals surface area contributed by atoms with Gasteiger partial charge >= 0.3 is 5.97 Å². The normalized spacial score (nSPS) is 10.9. The van der Waals surface area contributed by atoms with Gasteiger partial charge in [-0.3, -0.25) is 5.43 Å². The third-order valence-electron chi connectivity index (χ3n) is 3.89. The fourth-order valence-corrected chi connectivity index (χ4v) is 2.62. The van der Waals surface area contributed by atoms with Crippen molar-refractivity contribution in [2.24, 2.45) is 5.10 Å². The predicted molar refractivity (Wildman–Crippen MR) is 100 cm³/mol. The average Bonchev–Trinajstić information content (AvgIpc) is 3.04. The van der Waals surface area contributed by atoms with Crippen LogP contribution in [0, 0.1) is 0 Å². The molecule has 0 unspecified atom stereocenters. The van der Waals surface area contributed by atoms with Crippen molar-refractivity contribution in [3.63, 3.8) is 0 Å². The van der Waals surface area contributed by atoms with Gasteiger partial charge < -0.3 is 19.2 Å². The van der Waals surface area contributed by atoms with E-state index in [1.807, 2.05) is 30.3 Å². The summed E-state index contributed by atoms with van der Waals surface area (Å²) in [6.45, 7) is 0. The van der Waals surface area contributed by atoms with E-state index >= 15 is 0 Å². The molecule has 7 heteroatoms. The zero-order valence-electron chi connectivity index (χ0n) is 14.7. The number of hydrogen-bond donors (Lipinski definition) is 2. The molecule has 7 nitrogen and oxygen atoms in total. The van der Waals surface area contributed by atoms with E-state index in [4.69, 9.17) is 14.2 Å². The highest BCUT2D eigenvalue weighted by Crippen LogP contribution is 2.34. The second-order valence-electron chi connectivity index (χ2n) is 5.39. The zero-order chi connectivity index (χ0) is 18.5. The number of anilines is 1. The highest BCUT2D eigenvalue weighted by Gasteiger charge is 2.19. The maximum absolute atomic E-state index is 12.1. The number of hydrogen-bond acceptors (Lipinski definition) is 6. The predicted octanol–water partition coefficient (Wildman–Crippen LogP) is 3.42. The van der Waals surface area contributed by atoms with Crippen LogP contribution in [0.2, 0.25) is 0 Å². The number of nitrogens with zero attached hydrogens (tertiary/aromatic N) is 1. The first-order valence-electron chi connectivity index (χ1n) is 7.88. The summed E-state index contributed by atoms with van der Waals surface area (Å²) >= 11 is 0. The highest BCUT2D eigenvalue weighted by atomic mass is 16.5. The van der Waals surface area contributed by atoms with Crippen molar-refractivity contribution in [2.75, 3.05) is 26.8 Å². The van der Waals surface area contributed by atoms with Gasteiger partial charge in [0.05, 0.1) is 38.7 Å². The van der Waals surface area contributed by atoms with Crippen LogP contribution in [0.4, 0.5) is 5.69 Å². The third-order valence-corrected chi connectivity index (χ3v) is 3.89.